The van der Waals surface area contributed by atoms with Crippen molar-refractivity contribution >= 4 is 39.5 Å². The van der Waals surface area contributed by atoms with Crippen LogP contribution in [-0.2, 0) is 65.4 Å². The van der Waals surface area contributed by atoms with Gasteiger partial charge in [0.05, 0.1) is 26.4 Å². The summed E-state index contributed by atoms with van der Waals surface area (Å²) >= 11 is 0. The molecule has 17 nitrogen and oxygen atoms in total. The summed E-state index contributed by atoms with van der Waals surface area (Å²) in [7, 11) is -9.92. The van der Waals surface area contributed by atoms with Crippen molar-refractivity contribution in [2.24, 2.45) is 5.92 Å². The molecule has 0 saturated heterocycles. The third kappa shape index (κ3) is 79.9. The van der Waals surface area contributed by atoms with Gasteiger partial charge in [-0.2, -0.15) is 0 Å². The van der Waals surface area contributed by atoms with Gasteiger partial charge in [-0.05, 0) is 31.6 Å². The van der Waals surface area contributed by atoms with Gasteiger partial charge < -0.3 is 33.8 Å². The Hall–Kier alpha value is -1.94. The second kappa shape index (κ2) is 78.7. The number of carbonyl (C=O) groups is 4. The molecule has 2 unspecified atom stereocenters. The number of hydrogen-bond donors (Lipinski definition) is 3. The van der Waals surface area contributed by atoms with Crippen molar-refractivity contribution < 1.29 is 80.2 Å². The van der Waals surface area contributed by atoms with E-state index in [2.05, 4.69) is 34.6 Å². The molecule has 105 heavy (non-hydrogen) atoms. The van der Waals surface area contributed by atoms with Crippen LogP contribution in [0.2, 0.25) is 0 Å². The first-order chi connectivity index (χ1) is 51.0. The molecule has 0 aliphatic carbocycles. The van der Waals surface area contributed by atoms with Crippen molar-refractivity contribution in [3.63, 3.8) is 0 Å². The van der Waals surface area contributed by atoms with Crippen molar-refractivity contribution in [2.45, 2.75) is 483 Å². The molecule has 0 saturated carbocycles. The van der Waals surface area contributed by atoms with E-state index >= 15 is 0 Å². The first kappa shape index (κ1) is 103. The van der Waals surface area contributed by atoms with Crippen LogP contribution in [0.5, 0.6) is 0 Å². The Bertz CT molecular complexity index is 2000. The van der Waals surface area contributed by atoms with E-state index in [0.717, 1.165) is 95.8 Å². The number of phosphoric ester groups is 2. The fourth-order valence-electron chi connectivity index (χ4n) is 13.5. The highest BCUT2D eigenvalue weighted by molar-refractivity contribution is 7.47. The van der Waals surface area contributed by atoms with Gasteiger partial charge >= 0.3 is 39.5 Å². The van der Waals surface area contributed by atoms with Gasteiger partial charge in [0.25, 0.3) is 0 Å². The second-order valence-corrected chi connectivity index (χ2v) is 34.3. The zero-order valence-electron chi connectivity index (χ0n) is 68.9. The normalized spacial score (nSPS) is 13.8. The van der Waals surface area contributed by atoms with Crippen molar-refractivity contribution in [2.75, 3.05) is 39.6 Å². The van der Waals surface area contributed by atoms with Gasteiger partial charge in [-0.15, -0.1) is 0 Å². The molecule has 19 heteroatoms. The average Bonchev–Trinajstić information content (AvgIpc) is 0.932. The lowest BCUT2D eigenvalue weighted by Gasteiger charge is -2.21. The standard InChI is InChI=1S/C86H168O17P2/c1-6-9-12-15-18-21-24-26-27-28-29-30-31-35-38-42-45-50-55-60-65-70-84(89)97-76-82(103-86(91)72-67-62-57-52-47-43-39-36-33-32-34-37-41-44-48-53-58-63-68-79(4)5)78-101-105(94,95)99-74-80(87)73-98-104(92,93)100-77-81(75-96-83(88)69-64-59-54-49-23-20-17-14-11-8-3)102-85(90)71-66-61-56-51-46-40-25-22-19-16-13-10-7-2/h79-82,87H,6-78H2,1-5H3,(H,92,93)(H,94,95)/t80-,81+,82+/m0/s1. The number of aliphatic hydroxyl groups excluding tert-OH is 1. The Morgan fingerprint density at radius 2 is 0.438 bits per heavy atom. The van der Waals surface area contributed by atoms with E-state index < -0.39 is 97.5 Å². The first-order valence-corrected chi connectivity index (χ1v) is 47.6. The maximum absolute atomic E-state index is 13.1. The summed E-state index contributed by atoms with van der Waals surface area (Å²) in [5.74, 6) is -1.28. The molecule has 624 valence electrons. The smallest absolute Gasteiger partial charge is 0.462 e. The largest absolute Gasteiger partial charge is 0.472 e. The Kier molecular flexibility index (Phi) is 77.3. The molecule has 0 aromatic rings. The van der Waals surface area contributed by atoms with E-state index in [1.807, 2.05) is 0 Å². The minimum atomic E-state index is -4.97. The molecule has 0 radical (unpaired) electrons. The van der Waals surface area contributed by atoms with Gasteiger partial charge in [-0.25, -0.2) is 9.13 Å². The summed E-state index contributed by atoms with van der Waals surface area (Å²) in [5.41, 5.74) is 0. The summed E-state index contributed by atoms with van der Waals surface area (Å²) in [4.78, 5) is 73.1. The zero-order valence-corrected chi connectivity index (χ0v) is 70.7. The number of aliphatic hydroxyl groups is 1. The lowest BCUT2D eigenvalue weighted by Crippen LogP contribution is -2.30. The van der Waals surface area contributed by atoms with Gasteiger partial charge in [0, 0.05) is 25.7 Å². The Labute approximate surface area is 645 Å². The van der Waals surface area contributed by atoms with Crippen LogP contribution >= 0.6 is 15.6 Å². The van der Waals surface area contributed by atoms with Crippen LogP contribution in [0, 0.1) is 5.92 Å². The van der Waals surface area contributed by atoms with E-state index in [1.54, 1.807) is 0 Å². The molecule has 0 heterocycles. The van der Waals surface area contributed by atoms with E-state index in [1.165, 1.54) is 289 Å². The number of carbonyl (C=O) groups excluding carboxylic acids is 4. The highest BCUT2D eigenvalue weighted by Crippen LogP contribution is 2.45. The molecule has 0 rings (SSSR count). The Morgan fingerprint density at radius 1 is 0.257 bits per heavy atom. The molecule has 0 bridgehead atoms. The lowest BCUT2D eigenvalue weighted by atomic mass is 10.0. The van der Waals surface area contributed by atoms with Crippen LogP contribution in [0.3, 0.4) is 0 Å². The second-order valence-electron chi connectivity index (χ2n) is 31.4. The maximum Gasteiger partial charge on any atom is 0.472 e. The van der Waals surface area contributed by atoms with Gasteiger partial charge in [0.2, 0.25) is 0 Å². The first-order valence-electron chi connectivity index (χ1n) is 44.6. The van der Waals surface area contributed by atoms with Crippen molar-refractivity contribution in [3.8, 4) is 0 Å². The fraction of sp³-hybridized carbons (Fsp3) is 0.953. The van der Waals surface area contributed by atoms with Crippen LogP contribution in [-0.4, -0.2) is 96.7 Å². The van der Waals surface area contributed by atoms with Crippen LogP contribution in [0.25, 0.3) is 0 Å². The fourth-order valence-corrected chi connectivity index (χ4v) is 15.1. The van der Waals surface area contributed by atoms with Crippen molar-refractivity contribution in [3.05, 3.63) is 0 Å². The number of unbranched alkanes of at least 4 members (excludes halogenated alkanes) is 58. The summed E-state index contributed by atoms with van der Waals surface area (Å²) in [6.07, 6.45) is 72.3. The van der Waals surface area contributed by atoms with Gasteiger partial charge in [-0.1, -0.05) is 413 Å². The number of rotatable bonds is 86. The summed E-state index contributed by atoms with van der Waals surface area (Å²) < 4.78 is 68.8. The maximum atomic E-state index is 13.1. The summed E-state index contributed by atoms with van der Waals surface area (Å²) in [6, 6.07) is 0. The molecule has 0 spiro atoms. The van der Waals surface area contributed by atoms with E-state index in [9.17, 15) is 43.2 Å². The highest BCUT2D eigenvalue weighted by atomic mass is 31.2. The minimum absolute atomic E-state index is 0.108. The highest BCUT2D eigenvalue weighted by Gasteiger charge is 2.30. The van der Waals surface area contributed by atoms with Crippen LogP contribution < -0.4 is 0 Å². The quantitative estimate of drug-likeness (QED) is 0.0222. The Balaban J connectivity index is 5.20. The molecule has 0 amide bonds. The molecular weight excluding hydrogens is 1370 g/mol. The monoisotopic (exact) mass is 1540 g/mol. The minimum Gasteiger partial charge on any atom is -0.462 e. The van der Waals surface area contributed by atoms with Crippen molar-refractivity contribution in [1.29, 1.82) is 0 Å². The van der Waals surface area contributed by atoms with E-state index in [-0.39, 0.29) is 25.7 Å². The molecule has 0 aromatic carbocycles. The van der Waals surface area contributed by atoms with E-state index in [4.69, 9.17) is 37.0 Å². The van der Waals surface area contributed by atoms with Gasteiger partial charge in [0.1, 0.15) is 19.3 Å². The number of phosphoric acid groups is 2. The third-order valence-corrected chi connectivity index (χ3v) is 22.2. The summed E-state index contributed by atoms with van der Waals surface area (Å²) in [6.45, 7) is 7.39. The van der Waals surface area contributed by atoms with Crippen LogP contribution in [0.4, 0.5) is 0 Å². The number of hydrogen-bond acceptors (Lipinski definition) is 15. The molecule has 3 N–H and O–H groups in total. The number of esters is 4. The molecule has 0 aliphatic rings. The zero-order chi connectivity index (χ0) is 76.9. The lowest BCUT2D eigenvalue weighted by molar-refractivity contribution is -0.161. The third-order valence-electron chi connectivity index (χ3n) is 20.3. The van der Waals surface area contributed by atoms with Crippen LogP contribution in [0.1, 0.15) is 465 Å². The molecular formula is C86H168O17P2. The predicted molar refractivity (Wildman–Crippen MR) is 432 cm³/mol. The topological polar surface area (TPSA) is 237 Å². The van der Waals surface area contributed by atoms with Gasteiger partial charge in [0.15, 0.2) is 12.2 Å². The Morgan fingerprint density at radius 3 is 0.648 bits per heavy atom. The SMILES string of the molecule is CCCCCCCCCCCCCCCCCCCCCCCC(=O)OC[C@H](COP(=O)(O)OC[C@@H](O)COP(=O)(O)OC[C@@H](COC(=O)CCCCCCCCCCCC)OC(=O)CCCCCCCCCCCCCCC)OC(=O)CCCCCCCCCCCCCCCCCCCCC(C)C. The predicted octanol–water partition coefficient (Wildman–Crippen LogP) is 26.4. The number of ether oxygens (including phenoxy) is 4. The molecule has 0 fully saturated rings. The van der Waals surface area contributed by atoms with Crippen LogP contribution in [0.15, 0.2) is 0 Å². The van der Waals surface area contributed by atoms with Gasteiger partial charge in [-0.3, -0.25) is 37.3 Å². The van der Waals surface area contributed by atoms with Crippen molar-refractivity contribution in [1.82, 2.24) is 0 Å². The molecule has 5 atom stereocenters. The summed E-state index contributed by atoms with van der Waals surface area (Å²) in [5, 5.41) is 10.7. The molecule has 0 aromatic heterocycles. The molecule has 0 aliphatic heterocycles. The van der Waals surface area contributed by atoms with E-state index in [0.29, 0.717) is 25.7 Å². The average molecular weight is 1540 g/mol.